The van der Waals surface area contributed by atoms with Crippen LogP contribution in [0.3, 0.4) is 0 Å². The lowest BCUT2D eigenvalue weighted by molar-refractivity contribution is 0.0827. The third-order valence-electron chi connectivity index (χ3n) is 3.92. The van der Waals surface area contributed by atoms with Gasteiger partial charge in [-0.1, -0.05) is 42.8 Å². The van der Waals surface area contributed by atoms with E-state index in [4.69, 9.17) is 0 Å². The van der Waals surface area contributed by atoms with Crippen LogP contribution < -0.4 is 0 Å². The van der Waals surface area contributed by atoms with Gasteiger partial charge in [0.25, 0.3) is 5.91 Å². The SMILES string of the molecule is CCN(Cc1cccc(C)c1)S(=O)(=O)c1cccc(C(=O)N(C)C)c1. The summed E-state index contributed by atoms with van der Waals surface area (Å²) in [7, 11) is -0.404. The Morgan fingerprint density at radius 1 is 1.04 bits per heavy atom. The van der Waals surface area contributed by atoms with E-state index in [1.807, 2.05) is 38.1 Å². The van der Waals surface area contributed by atoms with Crippen molar-refractivity contribution in [3.8, 4) is 0 Å². The average Bonchev–Trinajstić information content (AvgIpc) is 2.59. The fraction of sp³-hybridized carbons (Fsp3) is 0.316. The van der Waals surface area contributed by atoms with Gasteiger partial charge in [0.05, 0.1) is 4.90 Å². The van der Waals surface area contributed by atoms with Crippen LogP contribution in [0.1, 0.15) is 28.4 Å². The molecule has 5 nitrogen and oxygen atoms in total. The highest BCUT2D eigenvalue weighted by molar-refractivity contribution is 7.89. The van der Waals surface area contributed by atoms with Crippen molar-refractivity contribution in [2.24, 2.45) is 0 Å². The van der Waals surface area contributed by atoms with Crippen LogP contribution in [0, 0.1) is 6.92 Å². The predicted octanol–water partition coefficient (Wildman–Crippen LogP) is 2.91. The molecule has 0 aromatic heterocycles. The molecule has 0 N–H and O–H groups in total. The quantitative estimate of drug-likeness (QED) is 0.796. The van der Waals surface area contributed by atoms with E-state index in [2.05, 4.69) is 0 Å². The number of hydrogen-bond acceptors (Lipinski definition) is 3. The van der Waals surface area contributed by atoms with Gasteiger partial charge in [0.2, 0.25) is 10.0 Å². The Labute approximate surface area is 149 Å². The zero-order valence-electron chi connectivity index (χ0n) is 15.1. The smallest absolute Gasteiger partial charge is 0.253 e. The fourth-order valence-corrected chi connectivity index (χ4v) is 4.06. The Hall–Kier alpha value is -2.18. The van der Waals surface area contributed by atoms with Crippen LogP contribution in [0.25, 0.3) is 0 Å². The van der Waals surface area contributed by atoms with Crippen molar-refractivity contribution in [2.75, 3.05) is 20.6 Å². The molecule has 134 valence electrons. The van der Waals surface area contributed by atoms with Crippen molar-refractivity contribution in [1.82, 2.24) is 9.21 Å². The Kier molecular flexibility index (Phi) is 5.98. The lowest BCUT2D eigenvalue weighted by Crippen LogP contribution is -2.31. The standard InChI is InChI=1S/C19H24N2O3S/c1-5-21(14-16-9-6-8-15(2)12-16)25(23,24)18-11-7-10-17(13-18)19(22)20(3)4/h6-13H,5,14H2,1-4H3. The van der Waals surface area contributed by atoms with E-state index in [0.29, 0.717) is 18.7 Å². The molecule has 0 bridgehead atoms. The van der Waals surface area contributed by atoms with Crippen LogP contribution in [0.2, 0.25) is 0 Å². The van der Waals surface area contributed by atoms with Gasteiger partial charge in [-0.05, 0) is 30.7 Å². The highest BCUT2D eigenvalue weighted by Crippen LogP contribution is 2.20. The van der Waals surface area contributed by atoms with Gasteiger partial charge < -0.3 is 4.90 Å². The Morgan fingerprint density at radius 2 is 1.72 bits per heavy atom. The number of carbonyl (C=O) groups is 1. The van der Waals surface area contributed by atoms with E-state index in [1.54, 1.807) is 26.2 Å². The number of rotatable bonds is 6. The van der Waals surface area contributed by atoms with Gasteiger partial charge in [-0.3, -0.25) is 4.79 Å². The minimum Gasteiger partial charge on any atom is -0.345 e. The molecular formula is C19H24N2O3S. The first-order valence-electron chi connectivity index (χ1n) is 8.13. The van der Waals surface area contributed by atoms with Gasteiger partial charge in [-0.25, -0.2) is 8.42 Å². The maximum atomic E-state index is 13.0. The molecular weight excluding hydrogens is 336 g/mol. The molecule has 2 aromatic carbocycles. The summed E-state index contributed by atoms with van der Waals surface area (Å²) in [5.74, 6) is -0.223. The molecule has 6 heteroatoms. The molecule has 0 heterocycles. The molecule has 0 aliphatic rings. The zero-order valence-corrected chi connectivity index (χ0v) is 15.9. The second-order valence-corrected chi connectivity index (χ2v) is 8.09. The topological polar surface area (TPSA) is 57.7 Å². The monoisotopic (exact) mass is 360 g/mol. The molecule has 0 saturated carbocycles. The van der Waals surface area contributed by atoms with Gasteiger partial charge >= 0.3 is 0 Å². The van der Waals surface area contributed by atoms with Crippen molar-refractivity contribution >= 4 is 15.9 Å². The number of hydrogen-bond donors (Lipinski definition) is 0. The molecule has 2 rings (SSSR count). The molecule has 0 spiro atoms. The normalized spacial score (nSPS) is 11.6. The van der Waals surface area contributed by atoms with Crippen LogP contribution in [0.5, 0.6) is 0 Å². The lowest BCUT2D eigenvalue weighted by Gasteiger charge is -2.21. The molecule has 0 atom stereocenters. The number of sulfonamides is 1. The van der Waals surface area contributed by atoms with Crippen molar-refractivity contribution in [3.63, 3.8) is 0 Å². The molecule has 0 unspecified atom stereocenters. The summed E-state index contributed by atoms with van der Waals surface area (Å²) in [6.07, 6.45) is 0. The molecule has 0 fully saturated rings. The summed E-state index contributed by atoms with van der Waals surface area (Å²) >= 11 is 0. The first-order chi connectivity index (χ1) is 11.8. The largest absolute Gasteiger partial charge is 0.345 e. The third-order valence-corrected chi connectivity index (χ3v) is 5.84. The van der Waals surface area contributed by atoms with Gasteiger partial charge in [0.15, 0.2) is 0 Å². The van der Waals surface area contributed by atoms with E-state index in [0.717, 1.165) is 11.1 Å². The first kappa shape index (κ1) is 19.1. The fourth-order valence-electron chi connectivity index (χ4n) is 2.58. The van der Waals surface area contributed by atoms with Gasteiger partial charge in [0.1, 0.15) is 0 Å². The second-order valence-electron chi connectivity index (χ2n) is 6.15. The molecule has 0 aliphatic carbocycles. The van der Waals surface area contributed by atoms with Crippen LogP contribution in [-0.4, -0.2) is 44.2 Å². The maximum absolute atomic E-state index is 13.0. The van der Waals surface area contributed by atoms with Crippen molar-refractivity contribution < 1.29 is 13.2 Å². The summed E-state index contributed by atoms with van der Waals surface area (Å²) in [5.41, 5.74) is 2.38. The summed E-state index contributed by atoms with van der Waals surface area (Å²) < 4.78 is 27.4. The highest BCUT2D eigenvalue weighted by Gasteiger charge is 2.24. The zero-order chi connectivity index (χ0) is 18.6. The Bertz CT molecular complexity index is 860. The molecule has 2 aromatic rings. The minimum absolute atomic E-state index is 0.134. The number of amides is 1. The number of carbonyl (C=O) groups excluding carboxylic acids is 1. The van der Waals surface area contributed by atoms with E-state index >= 15 is 0 Å². The van der Waals surface area contributed by atoms with E-state index in [9.17, 15) is 13.2 Å². The summed E-state index contributed by atoms with van der Waals surface area (Å²) in [4.78, 5) is 13.7. The van der Waals surface area contributed by atoms with Gasteiger partial charge in [0, 0.05) is 32.7 Å². The molecule has 1 amide bonds. The highest BCUT2D eigenvalue weighted by atomic mass is 32.2. The summed E-state index contributed by atoms with van der Waals surface area (Å²) in [6, 6.07) is 14.0. The van der Waals surface area contributed by atoms with E-state index in [1.165, 1.54) is 21.3 Å². The van der Waals surface area contributed by atoms with Crippen LogP contribution >= 0.6 is 0 Å². The number of nitrogens with zero attached hydrogens (tertiary/aromatic N) is 2. The van der Waals surface area contributed by atoms with E-state index < -0.39 is 10.0 Å². The first-order valence-corrected chi connectivity index (χ1v) is 9.57. The van der Waals surface area contributed by atoms with Crippen molar-refractivity contribution in [2.45, 2.75) is 25.3 Å². The Morgan fingerprint density at radius 3 is 2.32 bits per heavy atom. The van der Waals surface area contributed by atoms with Gasteiger partial charge in [-0.15, -0.1) is 0 Å². The maximum Gasteiger partial charge on any atom is 0.253 e. The van der Waals surface area contributed by atoms with Crippen LogP contribution in [0.4, 0.5) is 0 Å². The summed E-state index contributed by atoms with van der Waals surface area (Å²) in [5, 5.41) is 0. The second kappa shape index (κ2) is 7.80. The van der Waals surface area contributed by atoms with Crippen molar-refractivity contribution in [1.29, 1.82) is 0 Å². The molecule has 0 aliphatic heterocycles. The van der Waals surface area contributed by atoms with Crippen molar-refractivity contribution in [3.05, 3.63) is 65.2 Å². The Balaban J connectivity index is 2.35. The average molecular weight is 360 g/mol. The van der Waals surface area contributed by atoms with Crippen LogP contribution in [0.15, 0.2) is 53.4 Å². The molecule has 0 radical (unpaired) electrons. The summed E-state index contributed by atoms with van der Waals surface area (Å²) in [6.45, 7) is 4.43. The van der Waals surface area contributed by atoms with Crippen LogP contribution in [-0.2, 0) is 16.6 Å². The minimum atomic E-state index is -3.68. The predicted molar refractivity (Wildman–Crippen MR) is 98.9 cm³/mol. The molecule has 0 saturated heterocycles. The number of aryl methyl sites for hydroxylation is 1. The third kappa shape index (κ3) is 4.46. The number of benzene rings is 2. The molecule has 25 heavy (non-hydrogen) atoms. The van der Waals surface area contributed by atoms with E-state index in [-0.39, 0.29) is 10.8 Å². The lowest BCUT2D eigenvalue weighted by atomic mass is 10.1. The van der Waals surface area contributed by atoms with Gasteiger partial charge in [-0.2, -0.15) is 4.31 Å².